The standard InChI is InChI=1S/C17H17F4NO2/c1-2-16(23)22(12-6-3-4-7-12)10-13-14(18)8-5-9-15(13)24-11-17(19,20)21/h2-5,8-9,12H,1,6-7,10-11H2. The third-order valence-corrected chi connectivity index (χ3v) is 3.68. The fourth-order valence-electron chi connectivity index (χ4n) is 2.52. The van der Waals surface area contributed by atoms with Gasteiger partial charge in [0.2, 0.25) is 5.91 Å². The molecule has 1 amide bonds. The molecule has 0 aromatic heterocycles. The number of alkyl halides is 3. The Labute approximate surface area is 137 Å². The van der Waals surface area contributed by atoms with Crippen LogP contribution in [0.3, 0.4) is 0 Å². The van der Waals surface area contributed by atoms with Gasteiger partial charge in [-0.3, -0.25) is 4.79 Å². The van der Waals surface area contributed by atoms with Crippen LogP contribution < -0.4 is 4.74 Å². The van der Waals surface area contributed by atoms with Gasteiger partial charge in [0.1, 0.15) is 11.6 Å². The highest BCUT2D eigenvalue weighted by atomic mass is 19.4. The summed E-state index contributed by atoms with van der Waals surface area (Å²) < 4.78 is 55.9. The number of hydrogen-bond donors (Lipinski definition) is 0. The second kappa shape index (κ2) is 7.51. The first-order valence-electron chi connectivity index (χ1n) is 7.37. The zero-order chi connectivity index (χ0) is 17.7. The van der Waals surface area contributed by atoms with E-state index in [2.05, 4.69) is 6.58 Å². The second-order valence-corrected chi connectivity index (χ2v) is 5.39. The SMILES string of the molecule is C=CC(=O)N(Cc1c(F)cccc1OCC(F)(F)F)C1CC=CC1. The number of nitrogens with zero attached hydrogens (tertiary/aromatic N) is 1. The summed E-state index contributed by atoms with van der Waals surface area (Å²) in [5.74, 6) is -1.35. The molecule has 0 heterocycles. The molecule has 1 aliphatic rings. The van der Waals surface area contributed by atoms with Crippen molar-refractivity contribution in [3.05, 3.63) is 54.4 Å². The van der Waals surface area contributed by atoms with Gasteiger partial charge in [-0.1, -0.05) is 24.8 Å². The van der Waals surface area contributed by atoms with Crippen LogP contribution in [0.15, 0.2) is 43.0 Å². The van der Waals surface area contributed by atoms with Crippen LogP contribution in [0.5, 0.6) is 5.75 Å². The van der Waals surface area contributed by atoms with Crippen LogP contribution in [0.4, 0.5) is 17.6 Å². The van der Waals surface area contributed by atoms with E-state index in [1.807, 2.05) is 12.2 Å². The maximum absolute atomic E-state index is 14.1. The molecular weight excluding hydrogens is 326 g/mol. The van der Waals surface area contributed by atoms with Crippen molar-refractivity contribution >= 4 is 5.91 Å². The highest BCUT2D eigenvalue weighted by Gasteiger charge is 2.30. The molecule has 0 unspecified atom stereocenters. The molecule has 3 nitrogen and oxygen atoms in total. The maximum atomic E-state index is 14.1. The lowest BCUT2D eigenvalue weighted by atomic mass is 10.1. The molecule has 0 atom stereocenters. The van der Waals surface area contributed by atoms with Crippen molar-refractivity contribution in [2.75, 3.05) is 6.61 Å². The number of rotatable bonds is 6. The summed E-state index contributed by atoms with van der Waals surface area (Å²) in [5, 5.41) is 0. The predicted octanol–water partition coefficient (Wildman–Crippen LogP) is 4.00. The maximum Gasteiger partial charge on any atom is 0.422 e. The Hall–Kier alpha value is -2.31. The number of carbonyl (C=O) groups excluding carboxylic acids is 1. The lowest BCUT2D eigenvalue weighted by molar-refractivity contribution is -0.153. The first-order chi connectivity index (χ1) is 11.3. The van der Waals surface area contributed by atoms with Crippen LogP contribution in [0.1, 0.15) is 18.4 Å². The average molecular weight is 343 g/mol. The van der Waals surface area contributed by atoms with Gasteiger partial charge in [-0.05, 0) is 31.1 Å². The van der Waals surface area contributed by atoms with E-state index < -0.39 is 24.5 Å². The lowest BCUT2D eigenvalue weighted by Crippen LogP contribution is -2.37. The zero-order valence-corrected chi connectivity index (χ0v) is 12.9. The molecule has 0 radical (unpaired) electrons. The minimum Gasteiger partial charge on any atom is -0.484 e. The normalized spacial score (nSPS) is 14.7. The number of amides is 1. The van der Waals surface area contributed by atoms with Crippen molar-refractivity contribution in [2.24, 2.45) is 0 Å². The van der Waals surface area contributed by atoms with E-state index in [0.717, 1.165) is 12.1 Å². The summed E-state index contributed by atoms with van der Waals surface area (Å²) in [6, 6.07) is 3.47. The number of halogens is 4. The van der Waals surface area contributed by atoms with Crippen molar-refractivity contribution < 1.29 is 27.1 Å². The van der Waals surface area contributed by atoms with Crippen LogP contribution in [-0.4, -0.2) is 29.6 Å². The van der Waals surface area contributed by atoms with Gasteiger partial charge in [-0.25, -0.2) is 4.39 Å². The first kappa shape index (κ1) is 18.0. The molecule has 0 saturated carbocycles. The Balaban J connectivity index is 2.25. The van der Waals surface area contributed by atoms with E-state index in [1.54, 1.807) is 0 Å². The van der Waals surface area contributed by atoms with Crippen LogP contribution in [0.25, 0.3) is 0 Å². The van der Waals surface area contributed by atoms with Crippen molar-refractivity contribution in [1.29, 1.82) is 0 Å². The zero-order valence-electron chi connectivity index (χ0n) is 12.9. The van der Waals surface area contributed by atoms with Gasteiger partial charge in [-0.2, -0.15) is 13.2 Å². The molecule has 0 spiro atoms. The van der Waals surface area contributed by atoms with E-state index >= 15 is 0 Å². The van der Waals surface area contributed by atoms with E-state index in [0.29, 0.717) is 12.8 Å². The van der Waals surface area contributed by atoms with Crippen molar-refractivity contribution in [2.45, 2.75) is 31.6 Å². The van der Waals surface area contributed by atoms with E-state index in [9.17, 15) is 22.4 Å². The third kappa shape index (κ3) is 4.59. The predicted molar refractivity (Wildman–Crippen MR) is 80.9 cm³/mol. The Morgan fingerprint density at radius 2 is 2.00 bits per heavy atom. The highest BCUT2D eigenvalue weighted by molar-refractivity contribution is 5.87. The summed E-state index contributed by atoms with van der Waals surface area (Å²) in [6.45, 7) is 1.72. The number of ether oxygens (including phenoxy) is 1. The van der Waals surface area contributed by atoms with Crippen molar-refractivity contribution in [1.82, 2.24) is 4.90 Å². The quantitative estimate of drug-likeness (QED) is 0.444. The first-order valence-corrected chi connectivity index (χ1v) is 7.37. The third-order valence-electron chi connectivity index (χ3n) is 3.68. The largest absolute Gasteiger partial charge is 0.484 e. The summed E-state index contributed by atoms with van der Waals surface area (Å²) in [5.41, 5.74) is -0.0798. The lowest BCUT2D eigenvalue weighted by Gasteiger charge is -2.29. The number of benzene rings is 1. The smallest absolute Gasteiger partial charge is 0.422 e. The summed E-state index contributed by atoms with van der Waals surface area (Å²) in [4.78, 5) is 13.5. The molecule has 24 heavy (non-hydrogen) atoms. The summed E-state index contributed by atoms with van der Waals surface area (Å²) >= 11 is 0. The fraction of sp³-hybridized carbons (Fsp3) is 0.353. The number of carbonyl (C=O) groups is 1. The summed E-state index contributed by atoms with van der Waals surface area (Å²) in [7, 11) is 0. The van der Waals surface area contributed by atoms with Gasteiger partial charge in [0.15, 0.2) is 6.61 Å². The van der Waals surface area contributed by atoms with E-state index in [-0.39, 0.29) is 23.9 Å². The van der Waals surface area contributed by atoms with Crippen molar-refractivity contribution in [3.63, 3.8) is 0 Å². The molecule has 0 N–H and O–H groups in total. The highest BCUT2D eigenvalue weighted by Crippen LogP contribution is 2.28. The van der Waals surface area contributed by atoms with Gasteiger partial charge in [0, 0.05) is 11.6 Å². The van der Waals surface area contributed by atoms with Gasteiger partial charge < -0.3 is 9.64 Å². The molecule has 0 aliphatic heterocycles. The number of hydrogen-bond acceptors (Lipinski definition) is 2. The van der Waals surface area contributed by atoms with Crippen LogP contribution in [0, 0.1) is 5.82 Å². The Morgan fingerprint density at radius 1 is 1.33 bits per heavy atom. The van der Waals surface area contributed by atoms with Gasteiger partial charge in [0.25, 0.3) is 0 Å². The molecule has 0 fully saturated rings. The minimum absolute atomic E-state index is 0.0798. The molecule has 1 aromatic rings. The van der Waals surface area contributed by atoms with Crippen LogP contribution in [0.2, 0.25) is 0 Å². The van der Waals surface area contributed by atoms with E-state index in [4.69, 9.17) is 4.74 Å². The second-order valence-electron chi connectivity index (χ2n) is 5.39. The van der Waals surface area contributed by atoms with Gasteiger partial charge in [-0.15, -0.1) is 0 Å². The van der Waals surface area contributed by atoms with Crippen molar-refractivity contribution in [3.8, 4) is 5.75 Å². The average Bonchev–Trinajstić information content (AvgIpc) is 3.04. The van der Waals surface area contributed by atoms with Crippen LogP contribution in [-0.2, 0) is 11.3 Å². The fourth-order valence-corrected chi connectivity index (χ4v) is 2.52. The monoisotopic (exact) mass is 343 g/mol. The summed E-state index contributed by atoms with van der Waals surface area (Å²) in [6.07, 6.45) is 1.58. The Bertz CT molecular complexity index is 632. The van der Waals surface area contributed by atoms with Gasteiger partial charge >= 0.3 is 6.18 Å². The topological polar surface area (TPSA) is 29.5 Å². The molecule has 0 bridgehead atoms. The molecule has 7 heteroatoms. The Kier molecular flexibility index (Phi) is 5.64. The molecule has 1 aromatic carbocycles. The molecular formula is C17H17F4NO2. The minimum atomic E-state index is -4.53. The van der Waals surface area contributed by atoms with Crippen LogP contribution >= 0.6 is 0 Å². The molecule has 1 aliphatic carbocycles. The van der Waals surface area contributed by atoms with E-state index in [1.165, 1.54) is 17.0 Å². The Morgan fingerprint density at radius 3 is 2.58 bits per heavy atom. The van der Waals surface area contributed by atoms with Gasteiger partial charge in [0.05, 0.1) is 6.54 Å². The molecule has 130 valence electrons. The molecule has 0 saturated heterocycles. The molecule has 2 rings (SSSR count).